The van der Waals surface area contributed by atoms with Crippen LogP contribution in [-0.2, 0) is 13.7 Å². The van der Waals surface area contributed by atoms with Gasteiger partial charge in [0.25, 0.3) is 0 Å². The lowest BCUT2D eigenvalue weighted by atomic mass is 10.0. The lowest BCUT2D eigenvalue weighted by Gasteiger charge is -2.41. The zero-order chi connectivity index (χ0) is 34.4. The minimum Gasteiger partial charge on any atom is -0.202 e. The fourth-order valence-corrected chi connectivity index (χ4v) is 9.53. The molecule has 0 fully saturated rings. The van der Waals surface area contributed by atoms with Gasteiger partial charge in [-0.3, -0.25) is 0 Å². The molecule has 0 radical (unpaired) electrons. The van der Waals surface area contributed by atoms with Gasteiger partial charge in [0, 0.05) is 14.7 Å². The highest BCUT2D eigenvalue weighted by molar-refractivity contribution is 8.33. The fraction of sp³-hybridized carbons (Fsp3) is 0.419. The van der Waals surface area contributed by atoms with Gasteiger partial charge in [-0.15, -0.1) is 0 Å². The zero-order valence-electron chi connectivity index (χ0n) is 25.1. The molecule has 3 nitrogen and oxygen atoms in total. The van der Waals surface area contributed by atoms with Crippen LogP contribution < -0.4 is 0 Å². The fourth-order valence-electron chi connectivity index (χ4n) is 4.35. The second-order valence-electron chi connectivity index (χ2n) is 11.4. The topological polar surface area (TPSA) is 43.4 Å². The van der Waals surface area contributed by atoms with Crippen LogP contribution in [0.4, 0.5) is 39.5 Å². The highest BCUT2D eigenvalue weighted by Gasteiger charge is 2.86. The number of hydrogen-bond acceptors (Lipinski definition) is 3. The number of hydrogen-bond donors (Lipinski definition) is 0. The predicted octanol–water partition coefficient (Wildman–Crippen LogP) is 11.0. The van der Waals surface area contributed by atoms with Gasteiger partial charge in [-0.1, -0.05) is 77.9 Å². The molecule has 3 aromatic carbocycles. The lowest BCUT2D eigenvalue weighted by molar-refractivity contribution is -0.382. The van der Waals surface area contributed by atoms with Crippen molar-refractivity contribution in [1.29, 1.82) is 0 Å². The average molecular weight is 689 g/mol. The Bertz CT molecular complexity index is 1440. The van der Waals surface area contributed by atoms with Crippen LogP contribution in [0.3, 0.4) is 0 Å². The number of benzene rings is 3. The molecule has 0 bridgehead atoms. The first-order valence-corrected chi connectivity index (χ1v) is 16.7. The monoisotopic (exact) mass is 688 g/mol. The quantitative estimate of drug-likeness (QED) is 0.188. The van der Waals surface area contributed by atoms with Gasteiger partial charge in [-0.25, -0.2) is 3.63 Å². The molecule has 0 atom stereocenters. The van der Waals surface area contributed by atoms with Crippen LogP contribution in [0.1, 0.15) is 76.0 Å². The van der Waals surface area contributed by atoms with Crippen LogP contribution in [0.2, 0.25) is 0 Å². The standard InChI is InChI=1S/C31H33F9O3S2/c1-19(2)22-7-13-25(14-8-22)44(26-15-9-23(10-16-26)20(3)4,27-17-11-24(12-18-27)21(5)6)43-45(41,42)31(39,40)29(34,35)28(32,33)30(36,37)38/h7-21H,1-6H3. The summed E-state index contributed by atoms with van der Waals surface area (Å²) in [4.78, 5) is -0.356. The Kier molecular flexibility index (Phi) is 10.2. The Labute approximate surface area is 258 Å². The van der Waals surface area contributed by atoms with E-state index in [1.165, 1.54) is 72.8 Å². The second kappa shape index (κ2) is 12.5. The lowest BCUT2D eigenvalue weighted by Crippen LogP contribution is -2.63. The first-order valence-electron chi connectivity index (χ1n) is 13.7. The summed E-state index contributed by atoms with van der Waals surface area (Å²) in [5.41, 5.74) is 2.13. The maximum Gasteiger partial charge on any atom is 0.460 e. The third kappa shape index (κ3) is 6.47. The molecule has 0 amide bonds. The smallest absolute Gasteiger partial charge is 0.202 e. The SMILES string of the molecule is CC(C)c1ccc(S(OS(=O)(=O)C(F)(F)C(F)(F)C(F)(F)C(F)(F)F)(c2ccc(C(C)C)cc2)c2ccc(C(C)C)cc2)cc1. The van der Waals surface area contributed by atoms with E-state index in [0.717, 1.165) is 0 Å². The highest BCUT2D eigenvalue weighted by atomic mass is 32.3. The Morgan fingerprint density at radius 2 is 0.756 bits per heavy atom. The first-order chi connectivity index (χ1) is 20.4. The average Bonchev–Trinajstić information content (AvgIpc) is 2.95. The Hall–Kier alpha value is -2.71. The van der Waals surface area contributed by atoms with E-state index >= 15 is 8.78 Å². The van der Waals surface area contributed by atoms with Gasteiger partial charge in [0.15, 0.2) is 0 Å². The van der Waals surface area contributed by atoms with Crippen molar-refractivity contribution in [3.8, 4) is 0 Å². The van der Waals surface area contributed by atoms with Crippen molar-refractivity contribution in [2.24, 2.45) is 0 Å². The summed E-state index contributed by atoms with van der Waals surface area (Å²) in [5, 5.41) is -7.04. The summed E-state index contributed by atoms with van der Waals surface area (Å²) in [7, 11) is -11.3. The molecule has 45 heavy (non-hydrogen) atoms. The van der Waals surface area contributed by atoms with Crippen LogP contribution in [-0.4, -0.2) is 31.7 Å². The van der Waals surface area contributed by atoms with Crippen molar-refractivity contribution in [2.45, 2.75) is 97.3 Å². The zero-order valence-corrected chi connectivity index (χ0v) is 26.7. The van der Waals surface area contributed by atoms with Crippen molar-refractivity contribution in [1.82, 2.24) is 0 Å². The molecule has 3 rings (SSSR count). The van der Waals surface area contributed by atoms with Gasteiger partial charge in [-0.2, -0.15) is 47.9 Å². The number of rotatable bonds is 11. The van der Waals surface area contributed by atoms with E-state index in [1.54, 1.807) is 0 Å². The molecule has 0 saturated carbocycles. The minimum atomic E-state index is -7.45. The van der Waals surface area contributed by atoms with Crippen LogP contribution in [0.25, 0.3) is 0 Å². The van der Waals surface area contributed by atoms with Gasteiger partial charge in [-0.05, 0) is 81.2 Å². The van der Waals surface area contributed by atoms with E-state index in [9.17, 15) is 39.2 Å². The molecule has 0 unspecified atom stereocenters. The molecular formula is C31H33F9O3S2. The van der Waals surface area contributed by atoms with Crippen molar-refractivity contribution in [3.05, 3.63) is 89.5 Å². The normalized spacial score (nSPS) is 14.4. The molecule has 0 spiro atoms. The van der Waals surface area contributed by atoms with E-state index in [1.807, 2.05) is 41.5 Å². The molecule has 0 heterocycles. The van der Waals surface area contributed by atoms with Crippen molar-refractivity contribution in [2.75, 3.05) is 0 Å². The molecule has 0 aromatic heterocycles. The number of alkyl halides is 9. The van der Waals surface area contributed by atoms with Crippen molar-refractivity contribution in [3.63, 3.8) is 0 Å². The summed E-state index contributed by atoms with van der Waals surface area (Å²) < 4.78 is 157. The third-order valence-electron chi connectivity index (χ3n) is 7.26. The van der Waals surface area contributed by atoms with E-state index in [4.69, 9.17) is 3.63 Å². The van der Waals surface area contributed by atoms with Gasteiger partial charge >= 0.3 is 33.4 Å². The van der Waals surface area contributed by atoms with Gasteiger partial charge in [0.2, 0.25) is 0 Å². The number of halogens is 9. The van der Waals surface area contributed by atoms with E-state index in [2.05, 4.69) is 0 Å². The summed E-state index contributed by atoms with van der Waals surface area (Å²) in [6.07, 6.45) is -7.22. The first kappa shape index (κ1) is 36.8. The predicted molar refractivity (Wildman–Crippen MR) is 155 cm³/mol. The van der Waals surface area contributed by atoms with Crippen LogP contribution in [0.5, 0.6) is 0 Å². The van der Waals surface area contributed by atoms with E-state index in [0.29, 0.717) is 16.7 Å². The van der Waals surface area contributed by atoms with E-state index < -0.39 is 43.7 Å². The molecule has 3 aromatic rings. The summed E-state index contributed by atoms with van der Waals surface area (Å²) in [5.74, 6) is -15.1. The maximum absolute atomic E-state index is 15.2. The molecule has 250 valence electrons. The maximum atomic E-state index is 15.2. The molecule has 0 aliphatic rings. The largest absolute Gasteiger partial charge is 0.460 e. The minimum absolute atomic E-state index is 0.0589. The Morgan fingerprint density at radius 3 is 0.978 bits per heavy atom. The Balaban J connectivity index is 2.44. The van der Waals surface area contributed by atoms with Crippen LogP contribution >= 0.6 is 10.3 Å². The summed E-state index contributed by atoms with van der Waals surface area (Å²) in [6, 6.07) is 17.1. The van der Waals surface area contributed by atoms with E-state index in [-0.39, 0.29) is 32.4 Å². The highest BCUT2D eigenvalue weighted by Crippen LogP contribution is 2.71. The van der Waals surface area contributed by atoms with Crippen molar-refractivity contribution >= 4 is 20.4 Å². The molecule has 0 aliphatic heterocycles. The molecular weight excluding hydrogens is 655 g/mol. The summed E-state index contributed by atoms with van der Waals surface area (Å²) >= 11 is 0. The molecule has 14 heteroatoms. The Morgan fingerprint density at radius 1 is 0.489 bits per heavy atom. The van der Waals surface area contributed by atoms with Gasteiger partial charge in [0.05, 0.1) is 0 Å². The van der Waals surface area contributed by atoms with Gasteiger partial charge in [0.1, 0.15) is 0 Å². The summed E-state index contributed by atoms with van der Waals surface area (Å²) in [6.45, 7) is 11.0. The van der Waals surface area contributed by atoms with Crippen LogP contribution in [0, 0.1) is 0 Å². The molecule has 0 saturated heterocycles. The second-order valence-corrected chi connectivity index (χ2v) is 15.9. The van der Waals surface area contributed by atoms with Crippen LogP contribution in [0.15, 0.2) is 87.5 Å². The molecule has 0 N–H and O–H groups in total. The van der Waals surface area contributed by atoms with Gasteiger partial charge < -0.3 is 0 Å². The third-order valence-corrected chi connectivity index (χ3v) is 12.5. The molecule has 0 aliphatic carbocycles. The van der Waals surface area contributed by atoms with Crippen molar-refractivity contribution < 1.29 is 51.6 Å².